The molecule has 21 heavy (non-hydrogen) atoms. The van der Waals surface area contributed by atoms with Crippen LogP contribution in [-0.4, -0.2) is 10.9 Å². The summed E-state index contributed by atoms with van der Waals surface area (Å²) in [5.41, 5.74) is 1.98. The molecule has 1 N–H and O–H groups in total. The molecule has 0 aliphatic carbocycles. The van der Waals surface area contributed by atoms with Gasteiger partial charge in [-0.1, -0.05) is 51.1 Å². The highest BCUT2D eigenvalue weighted by Gasteiger charge is 2.21. The lowest BCUT2D eigenvalue weighted by molar-refractivity contribution is -0.128. The van der Waals surface area contributed by atoms with Crippen molar-refractivity contribution in [1.29, 1.82) is 0 Å². The Morgan fingerprint density at radius 3 is 2.52 bits per heavy atom. The molecule has 0 saturated heterocycles. The van der Waals surface area contributed by atoms with Crippen LogP contribution < -0.4 is 5.32 Å². The zero-order valence-corrected chi connectivity index (χ0v) is 13.9. The highest BCUT2D eigenvalue weighted by Crippen LogP contribution is 2.22. The molecule has 0 fully saturated rings. The number of hydrogen-bond acceptors (Lipinski definition) is 3. The van der Waals surface area contributed by atoms with Gasteiger partial charge in [0.15, 0.2) is 0 Å². The molecule has 0 aliphatic heterocycles. The molecule has 0 bridgehead atoms. The molecule has 4 heteroatoms. The maximum absolute atomic E-state index is 11.9. The summed E-state index contributed by atoms with van der Waals surface area (Å²) in [7, 11) is 0. The van der Waals surface area contributed by atoms with Crippen LogP contribution in [0.1, 0.15) is 41.9 Å². The predicted octanol–water partition coefficient (Wildman–Crippen LogP) is 3.70. The van der Waals surface area contributed by atoms with Crippen molar-refractivity contribution in [3.8, 4) is 0 Å². The number of amides is 1. The number of rotatable bonds is 4. The van der Waals surface area contributed by atoms with Gasteiger partial charge in [0.25, 0.3) is 0 Å². The van der Waals surface area contributed by atoms with Gasteiger partial charge in [0, 0.05) is 16.7 Å². The SMILES string of the molecule is Cc1nc(CNC(=O)C(C)(C)C)sc1Cc1ccccc1. The van der Waals surface area contributed by atoms with Gasteiger partial charge < -0.3 is 5.32 Å². The van der Waals surface area contributed by atoms with Crippen molar-refractivity contribution < 1.29 is 4.79 Å². The summed E-state index contributed by atoms with van der Waals surface area (Å²) in [5, 5.41) is 3.92. The molecule has 1 aromatic carbocycles. The van der Waals surface area contributed by atoms with Gasteiger partial charge in [0.05, 0.1) is 12.2 Å². The molecular formula is C17H22N2OS. The molecule has 0 atom stereocenters. The lowest BCUT2D eigenvalue weighted by atomic mass is 9.96. The van der Waals surface area contributed by atoms with Gasteiger partial charge in [-0.25, -0.2) is 4.98 Å². The fourth-order valence-electron chi connectivity index (χ4n) is 1.93. The molecule has 1 amide bonds. The molecule has 0 unspecified atom stereocenters. The Hall–Kier alpha value is -1.68. The van der Waals surface area contributed by atoms with Crippen molar-refractivity contribution in [3.63, 3.8) is 0 Å². The number of nitrogens with one attached hydrogen (secondary N) is 1. The Bertz CT molecular complexity index is 611. The minimum Gasteiger partial charge on any atom is -0.349 e. The maximum atomic E-state index is 11.9. The van der Waals surface area contributed by atoms with Crippen molar-refractivity contribution >= 4 is 17.2 Å². The first-order valence-electron chi connectivity index (χ1n) is 7.13. The van der Waals surface area contributed by atoms with E-state index < -0.39 is 0 Å². The highest BCUT2D eigenvalue weighted by atomic mass is 32.1. The molecule has 0 spiro atoms. The van der Waals surface area contributed by atoms with Crippen molar-refractivity contribution in [2.75, 3.05) is 0 Å². The van der Waals surface area contributed by atoms with Gasteiger partial charge in [0.1, 0.15) is 5.01 Å². The first-order chi connectivity index (χ1) is 9.86. The summed E-state index contributed by atoms with van der Waals surface area (Å²) in [6.07, 6.45) is 0.900. The fourth-order valence-corrected chi connectivity index (χ4v) is 2.97. The third-order valence-electron chi connectivity index (χ3n) is 3.23. The summed E-state index contributed by atoms with van der Waals surface area (Å²) < 4.78 is 0. The molecular weight excluding hydrogens is 280 g/mol. The van der Waals surface area contributed by atoms with E-state index in [9.17, 15) is 4.79 Å². The second-order valence-electron chi connectivity index (χ2n) is 6.21. The number of aryl methyl sites for hydroxylation is 1. The van der Waals surface area contributed by atoms with Gasteiger partial charge in [-0.15, -0.1) is 11.3 Å². The number of benzene rings is 1. The number of hydrogen-bond donors (Lipinski definition) is 1. The minimum absolute atomic E-state index is 0.0555. The third-order valence-corrected chi connectivity index (χ3v) is 4.38. The lowest BCUT2D eigenvalue weighted by Gasteiger charge is -2.16. The summed E-state index contributed by atoms with van der Waals surface area (Å²) in [4.78, 5) is 17.7. The smallest absolute Gasteiger partial charge is 0.225 e. The van der Waals surface area contributed by atoms with Gasteiger partial charge in [-0.05, 0) is 12.5 Å². The lowest BCUT2D eigenvalue weighted by Crippen LogP contribution is -2.34. The number of nitrogens with zero attached hydrogens (tertiary/aromatic N) is 1. The third kappa shape index (κ3) is 4.39. The number of aromatic nitrogens is 1. The van der Waals surface area contributed by atoms with Crippen LogP contribution in [0.2, 0.25) is 0 Å². The van der Waals surface area contributed by atoms with E-state index in [0.29, 0.717) is 6.54 Å². The van der Waals surface area contributed by atoms with E-state index in [1.165, 1.54) is 10.4 Å². The van der Waals surface area contributed by atoms with Crippen LogP contribution in [0.25, 0.3) is 0 Å². The van der Waals surface area contributed by atoms with Gasteiger partial charge in [0.2, 0.25) is 5.91 Å². The molecule has 112 valence electrons. The van der Waals surface area contributed by atoms with E-state index in [0.717, 1.165) is 17.1 Å². The Morgan fingerprint density at radius 2 is 1.90 bits per heavy atom. The Labute approximate surface area is 130 Å². The number of thiazole rings is 1. The van der Waals surface area contributed by atoms with E-state index in [1.54, 1.807) is 11.3 Å². The summed E-state index contributed by atoms with van der Waals surface area (Å²) in [6, 6.07) is 10.4. The molecule has 0 radical (unpaired) electrons. The first kappa shape index (κ1) is 15.7. The molecule has 1 heterocycles. The summed E-state index contributed by atoms with van der Waals surface area (Å²) in [6.45, 7) is 8.28. The maximum Gasteiger partial charge on any atom is 0.225 e. The van der Waals surface area contributed by atoms with Gasteiger partial charge >= 0.3 is 0 Å². The van der Waals surface area contributed by atoms with Crippen molar-refractivity contribution in [2.24, 2.45) is 5.41 Å². The van der Waals surface area contributed by atoms with Crippen LogP contribution in [0, 0.1) is 12.3 Å². The quantitative estimate of drug-likeness (QED) is 0.935. The van der Waals surface area contributed by atoms with Gasteiger partial charge in [-0.2, -0.15) is 0 Å². The van der Waals surface area contributed by atoms with Crippen molar-refractivity contribution in [2.45, 2.75) is 40.7 Å². The van der Waals surface area contributed by atoms with Crippen molar-refractivity contribution in [3.05, 3.63) is 51.5 Å². The second kappa shape index (κ2) is 6.39. The first-order valence-corrected chi connectivity index (χ1v) is 7.95. The number of carbonyl (C=O) groups excluding carboxylic acids is 1. The van der Waals surface area contributed by atoms with Crippen LogP contribution in [0.15, 0.2) is 30.3 Å². The van der Waals surface area contributed by atoms with E-state index >= 15 is 0 Å². The average Bonchev–Trinajstić information content (AvgIpc) is 2.76. The Morgan fingerprint density at radius 1 is 1.24 bits per heavy atom. The van der Waals surface area contributed by atoms with Crippen LogP contribution in [0.3, 0.4) is 0 Å². The van der Waals surface area contributed by atoms with Crippen molar-refractivity contribution in [1.82, 2.24) is 10.3 Å². The van der Waals surface area contributed by atoms with Crippen LogP contribution in [0.5, 0.6) is 0 Å². The second-order valence-corrected chi connectivity index (χ2v) is 7.38. The fraction of sp³-hybridized carbons (Fsp3) is 0.412. The van der Waals surface area contributed by atoms with E-state index in [-0.39, 0.29) is 11.3 Å². The molecule has 3 nitrogen and oxygen atoms in total. The van der Waals surface area contributed by atoms with Crippen LogP contribution in [0.4, 0.5) is 0 Å². The standard InChI is InChI=1S/C17H22N2OS/c1-12-14(10-13-8-6-5-7-9-13)21-15(19-12)11-18-16(20)17(2,3)4/h5-9H,10-11H2,1-4H3,(H,18,20). The Balaban J connectivity index is 2.01. The van der Waals surface area contributed by atoms with Crippen LogP contribution >= 0.6 is 11.3 Å². The highest BCUT2D eigenvalue weighted by molar-refractivity contribution is 7.11. The zero-order chi connectivity index (χ0) is 15.5. The number of carbonyl (C=O) groups is 1. The molecule has 0 saturated carbocycles. The van der Waals surface area contributed by atoms with Crippen LogP contribution in [-0.2, 0) is 17.8 Å². The monoisotopic (exact) mass is 302 g/mol. The Kier molecular flexibility index (Phi) is 4.78. The minimum atomic E-state index is -0.362. The molecule has 0 aliphatic rings. The molecule has 2 rings (SSSR count). The normalized spacial score (nSPS) is 11.4. The largest absolute Gasteiger partial charge is 0.349 e. The predicted molar refractivity (Wildman–Crippen MR) is 87.4 cm³/mol. The topological polar surface area (TPSA) is 42.0 Å². The molecule has 1 aromatic heterocycles. The molecule has 2 aromatic rings. The zero-order valence-electron chi connectivity index (χ0n) is 13.1. The van der Waals surface area contributed by atoms with E-state index in [2.05, 4.69) is 34.6 Å². The average molecular weight is 302 g/mol. The van der Waals surface area contributed by atoms with E-state index in [1.807, 2.05) is 33.8 Å². The summed E-state index contributed by atoms with van der Waals surface area (Å²) >= 11 is 1.68. The summed E-state index contributed by atoms with van der Waals surface area (Å²) in [5.74, 6) is 0.0555. The van der Waals surface area contributed by atoms with Gasteiger partial charge in [-0.3, -0.25) is 4.79 Å². The van der Waals surface area contributed by atoms with E-state index in [4.69, 9.17) is 0 Å².